The minimum Gasteiger partial charge on any atom is -0.397 e. The van der Waals surface area contributed by atoms with Gasteiger partial charge in [-0.15, -0.1) is 0 Å². The van der Waals surface area contributed by atoms with Crippen LogP contribution in [0, 0.1) is 0 Å². The summed E-state index contributed by atoms with van der Waals surface area (Å²) in [5.74, 6) is -0.231. The monoisotopic (exact) mass is 177 g/mol. The number of anilines is 1. The number of pyridine rings is 1. The number of aromatic nitrogens is 1. The largest absolute Gasteiger partial charge is 0.397 e. The van der Waals surface area contributed by atoms with Crippen LogP contribution in [0.1, 0.15) is 5.69 Å². The number of carbonyl (C=O) groups is 1. The quantitative estimate of drug-likeness (QED) is 0.659. The summed E-state index contributed by atoms with van der Waals surface area (Å²) in [6.45, 7) is 3.66. The Morgan fingerprint density at radius 3 is 3.15 bits per heavy atom. The molecule has 68 valence electrons. The third-order valence-electron chi connectivity index (χ3n) is 1.54. The van der Waals surface area contributed by atoms with Crippen molar-refractivity contribution in [1.29, 1.82) is 0 Å². The maximum absolute atomic E-state index is 10.8. The van der Waals surface area contributed by atoms with Crippen LogP contribution in [0.5, 0.6) is 0 Å². The first-order valence-corrected chi connectivity index (χ1v) is 3.83. The Morgan fingerprint density at radius 2 is 2.54 bits per heavy atom. The van der Waals surface area contributed by atoms with Gasteiger partial charge in [0.15, 0.2) is 0 Å². The second-order valence-corrected chi connectivity index (χ2v) is 2.46. The first kappa shape index (κ1) is 9.25. The molecule has 0 aliphatic heterocycles. The van der Waals surface area contributed by atoms with Gasteiger partial charge in [0, 0.05) is 6.20 Å². The van der Waals surface area contributed by atoms with Crippen molar-refractivity contribution in [3.8, 4) is 0 Å². The van der Waals surface area contributed by atoms with Crippen molar-refractivity contribution in [2.24, 2.45) is 0 Å². The van der Waals surface area contributed by atoms with E-state index in [1.54, 1.807) is 18.3 Å². The lowest BCUT2D eigenvalue weighted by Gasteiger charge is -2.03. The Bertz CT molecular complexity index is 322. The molecule has 0 atom stereocenters. The fourth-order valence-corrected chi connectivity index (χ4v) is 0.841. The van der Waals surface area contributed by atoms with E-state index in [2.05, 4.69) is 16.9 Å². The highest BCUT2D eigenvalue weighted by molar-refractivity contribution is 5.86. The highest BCUT2D eigenvalue weighted by Crippen LogP contribution is 2.05. The minimum atomic E-state index is -0.231. The summed E-state index contributed by atoms with van der Waals surface area (Å²) in [5, 5.41) is 2.59. The van der Waals surface area contributed by atoms with Gasteiger partial charge in [0.1, 0.15) is 0 Å². The summed E-state index contributed by atoms with van der Waals surface area (Å²) >= 11 is 0. The molecule has 3 N–H and O–H groups in total. The Labute approximate surface area is 76.5 Å². The molecule has 0 saturated carbocycles. The Morgan fingerprint density at radius 1 is 1.77 bits per heavy atom. The fraction of sp³-hybridized carbons (Fsp3) is 0.111. The van der Waals surface area contributed by atoms with Crippen LogP contribution >= 0.6 is 0 Å². The third-order valence-corrected chi connectivity index (χ3v) is 1.54. The molecule has 4 nitrogen and oxygen atoms in total. The van der Waals surface area contributed by atoms with E-state index in [1.165, 1.54) is 6.08 Å². The van der Waals surface area contributed by atoms with Crippen molar-refractivity contribution in [2.75, 3.05) is 5.73 Å². The van der Waals surface area contributed by atoms with E-state index in [-0.39, 0.29) is 5.91 Å². The van der Waals surface area contributed by atoms with Crippen molar-refractivity contribution < 1.29 is 4.79 Å². The molecular weight excluding hydrogens is 166 g/mol. The van der Waals surface area contributed by atoms with Crippen molar-refractivity contribution >= 4 is 11.6 Å². The summed E-state index contributed by atoms with van der Waals surface area (Å²) in [5.41, 5.74) is 6.85. The first-order valence-electron chi connectivity index (χ1n) is 3.83. The molecule has 1 rings (SSSR count). The van der Waals surface area contributed by atoms with Gasteiger partial charge in [-0.05, 0) is 18.2 Å². The van der Waals surface area contributed by atoms with Gasteiger partial charge in [-0.1, -0.05) is 6.58 Å². The van der Waals surface area contributed by atoms with Crippen molar-refractivity contribution in [1.82, 2.24) is 10.3 Å². The Hall–Kier alpha value is -1.84. The van der Waals surface area contributed by atoms with E-state index < -0.39 is 0 Å². The molecule has 0 aromatic carbocycles. The number of nitrogens with one attached hydrogen (secondary N) is 1. The van der Waals surface area contributed by atoms with Crippen LogP contribution < -0.4 is 11.1 Å². The number of hydrogen-bond donors (Lipinski definition) is 2. The molecule has 0 unspecified atom stereocenters. The van der Waals surface area contributed by atoms with Gasteiger partial charge in [-0.3, -0.25) is 9.78 Å². The Kier molecular flexibility index (Phi) is 3.03. The average Bonchev–Trinajstić information content (AvgIpc) is 2.16. The number of nitrogens with zero attached hydrogens (tertiary/aromatic N) is 1. The van der Waals surface area contributed by atoms with Gasteiger partial charge < -0.3 is 11.1 Å². The smallest absolute Gasteiger partial charge is 0.243 e. The van der Waals surface area contributed by atoms with Gasteiger partial charge in [0.05, 0.1) is 17.9 Å². The molecule has 1 aromatic heterocycles. The average molecular weight is 177 g/mol. The Balaban J connectivity index is 2.59. The topological polar surface area (TPSA) is 68.0 Å². The highest BCUT2D eigenvalue weighted by Gasteiger charge is 1.99. The van der Waals surface area contributed by atoms with Gasteiger partial charge in [0.2, 0.25) is 5.91 Å². The summed E-state index contributed by atoms with van der Waals surface area (Å²) < 4.78 is 0. The second-order valence-electron chi connectivity index (χ2n) is 2.46. The standard InChI is InChI=1S/C9H11N3O/c1-2-9(13)12-6-8-7(10)4-3-5-11-8/h2-5H,1,6,10H2,(H,12,13). The molecule has 1 heterocycles. The van der Waals surface area contributed by atoms with Crippen molar-refractivity contribution in [3.05, 3.63) is 36.7 Å². The zero-order valence-corrected chi connectivity index (χ0v) is 7.16. The fourth-order valence-electron chi connectivity index (χ4n) is 0.841. The van der Waals surface area contributed by atoms with Gasteiger partial charge in [-0.25, -0.2) is 0 Å². The van der Waals surface area contributed by atoms with Gasteiger partial charge >= 0.3 is 0 Å². The SMILES string of the molecule is C=CC(=O)NCc1ncccc1N. The van der Waals surface area contributed by atoms with Crippen LogP contribution in [0.15, 0.2) is 31.0 Å². The van der Waals surface area contributed by atoms with E-state index in [0.717, 1.165) is 0 Å². The molecule has 0 radical (unpaired) electrons. The molecule has 0 fully saturated rings. The van der Waals surface area contributed by atoms with Gasteiger partial charge in [0.25, 0.3) is 0 Å². The summed E-state index contributed by atoms with van der Waals surface area (Å²) in [4.78, 5) is 14.8. The van der Waals surface area contributed by atoms with Crippen molar-refractivity contribution in [3.63, 3.8) is 0 Å². The highest BCUT2D eigenvalue weighted by atomic mass is 16.1. The number of hydrogen-bond acceptors (Lipinski definition) is 3. The lowest BCUT2D eigenvalue weighted by Crippen LogP contribution is -2.21. The first-order chi connectivity index (χ1) is 6.24. The van der Waals surface area contributed by atoms with Crippen LogP contribution in [0.25, 0.3) is 0 Å². The summed E-state index contributed by atoms with van der Waals surface area (Å²) in [6, 6.07) is 3.48. The molecule has 1 aromatic rings. The summed E-state index contributed by atoms with van der Waals surface area (Å²) in [6.07, 6.45) is 2.84. The van der Waals surface area contributed by atoms with E-state index >= 15 is 0 Å². The zero-order chi connectivity index (χ0) is 9.68. The number of rotatable bonds is 3. The third kappa shape index (κ3) is 2.59. The van der Waals surface area contributed by atoms with Crippen LogP contribution in [-0.2, 0) is 11.3 Å². The summed E-state index contributed by atoms with van der Waals surface area (Å²) in [7, 11) is 0. The molecule has 13 heavy (non-hydrogen) atoms. The maximum atomic E-state index is 10.8. The molecule has 0 aliphatic carbocycles. The van der Waals surface area contributed by atoms with Crippen LogP contribution in [0.3, 0.4) is 0 Å². The van der Waals surface area contributed by atoms with Gasteiger partial charge in [-0.2, -0.15) is 0 Å². The maximum Gasteiger partial charge on any atom is 0.243 e. The number of nitrogens with two attached hydrogens (primary N) is 1. The lowest BCUT2D eigenvalue weighted by atomic mass is 10.3. The van der Waals surface area contributed by atoms with Crippen molar-refractivity contribution in [2.45, 2.75) is 6.54 Å². The van der Waals surface area contributed by atoms with Crippen LogP contribution in [0.2, 0.25) is 0 Å². The predicted molar refractivity (Wildman–Crippen MR) is 50.7 cm³/mol. The van der Waals surface area contributed by atoms with E-state index in [4.69, 9.17) is 5.73 Å². The van der Waals surface area contributed by atoms with Crippen LogP contribution in [0.4, 0.5) is 5.69 Å². The van der Waals surface area contributed by atoms with E-state index in [1.807, 2.05) is 0 Å². The lowest BCUT2D eigenvalue weighted by molar-refractivity contribution is -0.116. The molecule has 4 heteroatoms. The molecule has 0 aliphatic rings. The molecule has 0 spiro atoms. The number of amides is 1. The minimum absolute atomic E-state index is 0.231. The number of nitrogen functional groups attached to an aromatic ring is 1. The van der Waals surface area contributed by atoms with E-state index in [9.17, 15) is 4.79 Å². The normalized spacial score (nSPS) is 9.23. The molecular formula is C9H11N3O. The molecule has 0 bridgehead atoms. The molecule has 0 saturated heterocycles. The van der Waals surface area contributed by atoms with Crippen LogP contribution in [-0.4, -0.2) is 10.9 Å². The number of carbonyl (C=O) groups excluding carboxylic acids is 1. The van der Waals surface area contributed by atoms with E-state index in [0.29, 0.717) is 17.9 Å². The molecule has 1 amide bonds. The predicted octanol–water partition coefficient (Wildman–Crippen LogP) is 0.466. The zero-order valence-electron chi connectivity index (χ0n) is 7.16. The second kappa shape index (κ2) is 4.25.